The second kappa shape index (κ2) is 8.41. The number of hydrogen-bond acceptors (Lipinski definition) is 3. The molecule has 0 aromatic heterocycles. The zero-order chi connectivity index (χ0) is 20.2. The zero-order valence-corrected chi connectivity index (χ0v) is 14.7. The van der Waals surface area contributed by atoms with E-state index in [0.29, 0.717) is 36.9 Å². The number of alkyl halides is 3. The van der Waals surface area contributed by atoms with Crippen molar-refractivity contribution in [1.29, 1.82) is 0 Å². The molecule has 2 amide bonds. The van der Waals surface area contributed by atoms with Crippen LogP contribution in [0.2, 0.25) is 0 Å². The Morgan fingerprint density at radius 3 is 2.26 bits per heavy atom. The molecule has 3 N–H and O–H groups in total. The van der Waals surface area contributed by atoms with Crippen LogP contribution in [-0.4, -0.2) is 35.6 Å². The molecule has 1 fully saturated rings. The van der Waals surface area contributed by atoms with Crippen LogP contribution in [0.15, 0.2) is 18.2 Å². The van der Waals surface area contributed by atoms with E-state index in [9.17, 15) is 27.6 Å². The first-order valence-electron chi connectivity index (χ1n) is 8.56. The Hall–Kier alpha value is -2.58. The number of anilines is 1. The van der Waals surface area contributed by atoms with Gasteiger partial charge in [-0.25, -0.2) is 0 Å². The number of carbonyl (C=O) groups is 3. The smallest absolute Gasteiger partial charge is 0.405 e. The van der Waals surface area contributed by atoms with Gasteiger partial charge in [0.1, 0.15) is 6.54 Å². The van der Waals surface area contributed by atoms with Crippen molar-refractivity contribution in [2.24, 2.45) is 11.8 Å². The summed E-state index contributed by atoms with van der Waals surface area (Å²) in [6.07, 6.45) is -2.76. The maximum Gasteiger partial charge on any atom is 0.405 e. The lowest BCUT2D eigenvalue weighted by Crippen LogP contribution is -2.33. The third kappa shape index (κ3) is 5.97. The molecule has 27 heavy (non-hydrogen) atoms. The van der Waals surface area contributed by atoms with Crippen molar-refractivity contribution in [3.8, 4) is 0 Å². The van der Waals surface area contributed by atoms with Crippen molar-refractivity contribution in [1.82, 2.24) is 5.32 Å². The molecule has 9 heteroatoms. The molecular formula is C18H21F3N2O4. The van der Waals surface area contributed by atoms with Gasteiger partial charge in [-0.15, -0.1) is 0 Å². The van der Waals surface area contributed by atoms with Gasteiger partial charge in [0, 0.05) is 17.2 Å². The van der Waals surface area contributed by atoms with Gasteiger partial charge in [0.15, 0.2) is 0 Å². The Balaban J connectivity index is 2.01. The van der Waals surface area contributed by atoms with Crippen molar-refractivity contribution in [2.45, 2.75) is 38.8 Å². The lowest BCUT2D eigenvalue weighted by molar-refractivity contribution is -0.143. The Kier molecular flexibility index (Phi) is 6.45. The second-order valence-corrected chi connectivity index (χ2v) is 6.70. The van der Waals surface area contributed by atoms with E-state index in [0.717, 1.165) is 0 Å². The molecular weight excluding hydrogens is 365 g/mol. The van der Waals surface area contributed by atoms with Crippen molar-refractivity contribution in [3.63, 3.8) is 0 Å². The highest BCUT2D eigenvalue weighted by Crippen LogP contribution is 2.30. The number of halogens is 3. The number of carboxylic acid groups (broad SMARTS) is 1. The number of benzene rings is 1. The summed E-state index contributed by atoms with van der Waals surface area (Å²) < 4.78 is 36.7. The zero-order valence-electron chi connectivity index (χ0n) is 14.7. The summed E-state index contributed by atoms with van der Waals surface area (Å²) in [7, 11) is 0. The Labute approximate surface area is 154 Å². The lowest BCUT2D eigenvalue weighted by atomic mass is 9.81. The Bertz CT molecular complexity index is 726. The minimum Gasteiger partial charge on any atom is -0.481 e. The lowest BCUT2D eigenvalue weighted by Gasteiger charge is -2.25. The van der Waals surface area contributed by atoms with Crippen LogP contribution >= 0.6 is 0 Å². The van der Waals surface area contributed by atoms with E-state index in [1.54, 1.807) is 18.3 Å². The molecule has 0 heterocycles. The highest BCUT2D eigenvalue weighted by Gasteiger charge is 2.30. The van der Waals surface area contributed by atoms with E-state index in [4.69, 9.17) is 5.11 Å². The fourth-order valence-corrected chi connectivity index (χ4v) is 3.02. The largest absolute Gasteiger partial charge is 0.481 e. The van der Waals surface area contributed by atoms with Crippen molar-refractivity contribution >= 4 is 23.5 Å². The summed E-state index contributed by atoms with van der Waals surface area (Å²) in [5, 5.41) is 13.5. The molecule has 0 unspecified atom stereocenters. The topological polar surface area (TPSA) is 95.5 Å². The van der Waals surface area contributed by atoms with Crippen molar-refractivity contribution in [3.05, 3.63) is 29.3 Å². The molecule has 6 nitrogen and oxygen atoms in total. The summed E-state index contributed by atoms with van der Waals surface area (Å²) in [4.78, 5) is 35.3. The fourth-order valence-electron chi connectivity index (χ4n) is 3.02. The minimum absolute atomic E-state index is 0.00901. The molecule has 1 saturated carbocycles. The number of aryl methyl sites for hydroxylation is 1. The normalized spacial score (nSPS) is 20.0. The number of carboxylic acids is 1. The maximum absolute atomic E-state index is 12.4. The summed E-state index contributed by atoms with van der Waals surface area (Å²) in [6, 6.07) is 4.26. The molecule has 1 aromatic rings. The molecule has 1 aliphatic carbocycles. The summed E-state index contributed by atoms with van der Waals surface area (Å²) in [5.74, 6) is -2.79. The third-order valence-corrected chi connectivity index (χ3v) is 4.65. The van der Waals surface area contributed by atoms with Gasteiger partial charge >= 0.3 is 12.1 Å². The predicted molar refractivity (Wildman–Crippen MR) is 91.3 cm³/mol. The average molecular weight is 386 g/mol. The SMILES string of the molecule is Cc1ccc(C(=O)NCC(F)(F)F)cc1NC(=O)C1CCC(C(=O)O)CC1. The third-order valence-electron chi connectivity index (χ3n) is 4.65. The first kappa shape index (κ1) is 20.7. The first-order valence-corrected chi connectivity index (χ1v) is 8.56. The van der Waals surface area contributed by atoms with Crippen molar-refractivity contribution < 1.29 is 32.7 Å². The number of carbonyl (C=O) groups excluding carboxylic acids is 2. The van der Waals surface area contributed by atoms with E-state index in [1.165, 1.54) is 12.1 Å². The van der Waals surface area contributed by atoms with Crippen LogP contribution in [0.25, 0.3) is 0 Å². The van der Waals surface area contributed by atoms with Gasteiger partial charge in [0.05, 0.1) is 5.92 Å². The molecule has 148 valence electrons. The van der Waals surface area contributed by atoms with Crippen LogP contribution in [0.5, 0.6) is 0 Å². The molecule has 0 aliphatic heterocycles. The van der Waals surface area contributed by atoms with Gasteiger partial charge < -0.3 is 15.7 Å². The van der Waals surface area contributed by atoms with Gasteiger partial charge in [-0.1, -0.05) is 6.07 Å². The maximum atomic E-state index is 12.4. The summed E-state index contributed by atoms with van der Waals surface area (Å²) >= 11 is 0. The van der Waals surface area contributed by atoms with E-state index in [1.807, 2.05) is 0 Å². The number of amides is 2. The number of hydrogen-bond donors (Lipinski definition) is 3. The van der Waals surface area contributed by atoms with Crippen LogP contribution in [0.3, 0.4) is 0 Å². The molecule has 1 aliphatic rings. The van der Waals surface area contributed by atoms with Gasteiger partial charge in [0.25, 0.3) is 5.91 Å². The quantitative estimate of drug-likeness (QED) is 0.725. The highest BCUT2D eigenvalue weighted by molar-refractivity contribution is 5.98. The van der Waals surface area contributed by atoms with Gasteiger partial charge in [0.2, 0.25) is 5.91 Å². The van der Waals surface area contributed by atoms with Gasteiger partial charge in [-0.3, -0.25) is 14.4 Å². The number of aliphatic carboxylic acids is 1. The monoisotopic (exact) mass is 386 g/mol. The van der Waals surface area contributed by atoms with Crippen LogP contribution in [0, 0.1) is 18.8 Å². The molecule has 0 radical (unpaired) electrons. The van der Waals surface area contributed by atoms with E-state index in [2.05, 4.69) is 5.32 Å². The second-order valence-electron chi connectivity index (χ2n) is 6.70. The molecule has 0 atom stereocenters. The van der Waals surface area contributed by atoms with Gasteiger partial charge in [-0.05, 0) is 50.3 Å². The number of nitrogens with one attached hydrogen (secondary N) is 2. The predicted octanol–water partition coefficient (Wildman–Crippen LogP) is 3.12. The number of rotatable bonds is 5. The standard InChI is InChI=1S/C18H21F3N2O4/c1-10-2-3-13(15(24)22-9-18(19,20)21)8-14(10)23-16(25)11-4-6-12(7-5-11)17(26)27/h2-3,8,11-12H,4-7,9H2,1H3,(H,22,24)(H,23,25)(H,26,27). The Morgan fingerprint density at radius 2 is 1.70 bits per heavy atom. The molecule has 0 spiro atoms. The van der Waals surface area contributed by atoms with Gasteiger partial charge in [-0.2, -0.15) is 13.2 Å². The van der Waals surface area contributed by atoms with E-state index < -0.39 is 30.5 Å². The van der Waals surface area contributed by atoms with E-state index in [-0.39, 0.29) is 17.4 Å². The molecule has 1 aromatic carbocycles. The van der Waals surface area contributed by atoms with Crippen LogP contribution in [0.1, 0.15) is 41.6 Å². The summed E-state index contributed by atoms with van der Waals surface area (Å²) in [6.45, 7) is 0.266. The highest BCUT2D eigenvalue weighted by atomic mass is 19.4. The summed E-state index contributed by atoms with van der Waals surface area (Å²) in [5.41, 5.74) is 1.02. The van der Waals surface area contributed by atoms with Crippen LogP contribution in [-0.2, 0) is 9.59 Å². The molecule has 0 saturated heterocycles. The minimum atomic E-state index is -4.51. The first-order chi connectivity index (χ1) is 12.6. The molecule has 0 bridgehead atoms. The average Bonchev–Trinajstić information content (AvgIpc) is 2.61. The van der Waals surface area contributed by atoms with Crippen LogP contribution in [0.4, 0.5) is 18.9 Å². The van der Waals surface area contributed by atoms with Crippen LogP contribution < -0.4 is 10.6 Å². The van der Waals surface area contributed by atoms with E-state index >= 15 is 0 Å². The fraction of sp³-hybridized carbons (Fsp3) is 0.500. The Morgan fingerprint density at radius 1 is 1.11 bits per heavy atom. The molecule has 2 rings (SSSR count). The van der Waals surface area contributed by atoms with Crippen molar-refractivity contribution in [2.75, 3.05) is 11.9 Å².